The van der Waals surface area contributed by atoms with Crippen molar-refractivity contribution in [1.82, 2.24) is 9.78 Å². The van der Waals surface area contributed by atoms with Gasteiger partial charge in [-0.2, -0.15) is 15.0 Å². The summed E-state index contributed by atoms with van der Waals surface area (Å²) in [6, 6.07) is 19.8. The number of ether oxygens (including phenoxy) is 1. The van der Waals surface area contributed by atoms with Crippen molar-refractivity contribution in [3.63, 3.8) is 0 Å². The number of hydrogen-bond acceptors (Lipinski definition) is 4. The molecular formula is C18H13N3O2. The Labute approximate surface area is 133 Å². The van der Waals surface area contributed by atoms with Crippen molar-refractivity contribution in [3.05, 3.63) is 78.1 Å². The zero-order valence-electron chi connectivity index (χ0n) is 12.2. The summed E-state index contributed by atoms with van der Waals surface area (Å²) < 4.78 is 6.18. The van der Waals surface area contributed by atoms with Gasteiger partial charge in [-0.1, -0.05) is 54.6 Å². The number of carbonyl (C=O) groups is 1. The highest BCUT2D eigenvalue weighted by Crippen LogP contribution is 2.19. The molecule has 2 aromatic carbocycles. The Balaban J connectivity index is 1.63. The first-order chi connectivity index (χ1) is 11.3. The van der Waals surface area contributed by atoms with E-state index >= 15 is 0 Å². The fourth-order valence-corrected chi connectivity index (χ4v) is 2.12. The highest BCUT2D eigenvalue weighted by Gasteiger charge is 2.08. The number of nitriles is 1. The molecule has 0 amide bonds. The van der Waals surface area contributed by atoms with E-state index in [2.05, 4.69) is 5.10 Å². The van der Waals surface area contributed by atoms with Gasteiger partial charge in [-0.15, -0.1) is 0 Å². The van der Waals surface area contributed by atoms with Crippen molar-refractivity contribution in [2.75, 3.05) is 0 Å². The molecule has 0 fully saturated rings. The van der Waals surface area contributed by atoms with Crippen LogP contribution in [0.1, 0.15) is 11.1 Å². The first-order valence-corrected chi connectivity index (χ1v) is 7.02. The summed E-state index contributed by atoms with van der Waals surface area (Å²) in [5.41, 5.74) is 3.43. The van der Waals surface area contributed by atoms with Crippen LogP contribution in [0.4, 0.5) is 4.79 Å². The van der Waals surface area contributed by atoms with E-state index in [9.17, 15) is 4.79 Å². The molecule has 0 saturated carbocycles. The Morgan fingerprint density at radius 3 is 2.43 bits per heavy atom. The minimum Gasteiger partial charge on any atom is -0.443 e. The van der Waals surface area contributed by atoms with E-state index in [1.165, 1.54) is 12.4 Å². The molecule has 0 atom stereocenters. The molecular weight excluding hydrogens is 290 g/mol. The molecule has 0 spiro atoms. The van der Waals surface area contributed by atoms with Gasteiger partial charge in [0.05, 0.1) is 18.0 Å². The average molecular weight is 303 g/mol. The van der Waals surface area contributed by atoms with Gasteiger partial charge in [-0.3, -0.25) is 0 Å². The van der Waals surface area contributed by atoms with Gasteiger partial charge in [0.15, 0.2) is 0 Å². The van der Waals surface area contributed by atoms with Crippen molar-refractivity contribution in [3.8, 4) is 17.2 Å². The number of hydrogen-bond donors (Lipinski definition) is 0. The lowest BCUT2D eigenvalue weighted by Gasteiger charge is -2.06. The van der Waals surface area contributed by atoms with Gasteiger partial charge in [0.1, 0.15) is 12.7 Å². The van der Waals surface area contributed by atoms with Crippen LogP contribution in [0.3, 0.4) is 0 Å². The van der Waals surface area contributed by atoms with Gasteiger partial charge < -0.3 is 4.74 Å². The van der Waals surface area contributed by atoms with Crippen LogP contribution in [-0.4, -0.2) is 15.9 Å². The summed E-state index contributed by atoms with van der Waals surface area (Å²) in [4.78, 5) is 11.8. The van der Waals surface area contributed by atoms with Gasteiger partial charge in [-0.05, 0) is 16.7 Å². The van der Waals surface area contributed by atoms with E-state index in [0.29, 0.717) is 5.56 Å². The normalized spacial score (nSPS) is 10.0. The first-order valence-electron chi connectivity index (χ1n) is 7.02. The Hall–Kier alpha value is -3.39. The van der Waals surface area contributed by atoms with Gasteiger partial charge in [0.2, 0.25) is 0 Å². The minimum atomic E-state index is -0.612. The molecule has 0 unspecified atom stereocenters. The second-order valence-corrected chi connectivity index (χ2v) is 4.90. The van der Waals surface area contributed by atoms with Crippen LogP contribution in [0, 0.1) is 11.3 Å². The van der Waals surface area contributed by atoms with Crippen LogP contribution >= 0.6 is 0 Å². The van der Waals surface area contributed by atoms with Crippen LogP contribution in [0.25, 0.3) is 11.1 Å². The van der Waals surface area contributed by atoms with E-state index in [1.54, 1.807) is 0 Å². The standard InChI is InChI=1S/C18H13N3O2/c19-10-15-11-20-21(12-15)18(22)23-13-14-6-8-17(9-7-14)16-4-2-1-3-5-16/h1-9,11-12H,13H2. The number of carbonyl (C=O) groups excluding carboxylic acids is 1. The van der Waals surface area contributed by atoms with E-state index in [1.807, 2.05) is 60.7 Å². The molecule has 5 heteroatoms. The van der Waals surface area contributed by atoms with Gasteiger partial charge >= 0.3 is 6.09 Å². The lowest BCUT2D eigenvalue weighted by Crippen LogP contribution is -2.13. The van der Waals surface area contributed by atoms with Crippen LogP contribution in [0.2, 0.25) is 0 Å². The fourth-order valence-electron chi connectivity index (χ4n) is 2.12. The zero-order chi connectivity index (χ0) is 16.1. The molecule has 112 valence electrons. The van der Waals surface area contributed by atoms with Gasteiger partial charge in [0, 0.05) is 0 Å². The average Bonchev–Trinajstić information content (AvgIpc) is 3.10. The molecule has 0 aliphatic carbocycles. The molecule has 0 N–H and O–H groups in total. The van der Waals surface area contributed by atoms with Crippen molar-refractivity contribution < 1.29 is 9.53 Å². The van der Waals surface area contributed by atoms with E-state index in [-0.39, 0.29) is 6.61 Å². The van der Waals surface area contributed by atoms with Crippen molar-refractivity contribution in [2.45, 2.75) is 6.61 Å². The molecule has 5 nitrogen and oxygen atoms in total. The number of benzene rings is 2. The predicted octanol–water partition coefficient (Wildman–Crippen LogP) is 3.61. The Bertz CT molecular complexity index is 846. The molecule has 23 heavy (non-hydrogen) atoms. The van der Waals surface area contributed by atoms with Crippen LogP contribution in [-0.2, 0) is 11.3 Å². The Morgan fingerprint density at radius 2 is 1.78 bits per heavy atom. The van der Waals surface area contributed by atoms with Gasteiger partial charge in [-0.25, -0.2) is 4.79 Å². The second kappa shape index (κ2) is 6.58. The quantitative estimate of drug-likeness (QED) is 0.741. The maximum absolute atomic E-state index is 11.8. The smallest absolute Gasteiger partial charge is 0.435 e. The lowest BCUT2D eigenvalue weighted by molar-refractivity contribution is 0.138. The van der Waals surface area contributed by atoms with Crippen molar-refractivity contribution in [1.29, 1.82) is 5.26 Å². The van der Waals surface area contributed by atoms with Crippen molar-refractivity contribution in [2.24, 2.45) is 0 Å². The third-order valence-electron chi connectivity index (χ3n) is 3.32. The topological polar surface area (TPSA) is 67.9 Å². The third kappa shape index (κ3) is 3.44. The summed E-state index contributed by atoms with van der Waals surface area (Å²) in [5, 5.41) is 12.5. The number of aromatic nitrogens is 2. The van der Waals surface area contributed by atoms with E-state index < -0.39 is 6.09 Å². The molecule has 0 radical (unpaired) electrons. The van der Waals surface area contributed by atoms with E-state index in [4.69, 9.17) is 10.00 Å². The monoisotopic (exact) mass is 303 g/mol. The van der Waals surface area contributed by atoms with E-state index in [0.717, 1.165) is 21.4 Å². The molecule has 1 heterocycles. The molecule has 0 bridgehead atoms. The second-order valence-electron chi connectivity index (χ2n) is 4.90. The molecule has 3 rings (SSSR count). The summed E-state index contributed by atoms with van der Waals surface area (Å²) in [5.74, 6) is 0. The Morgan fingerprint density at radius 1 is 1.09 bits per heavy atom. The van der Waals surface area contributed by atoms with Crippen molar-refractivity contribution >= 4 is 6.09 Å². The number of nitrogens with zero attached hydrogens (tertiary/aromatic N) is 3. The predicted molar refractivity (Wildman–Crippen MR) is 84.4 cm³/mol. The molecule has 3 aromatic rings. The largest absolute Gasteiger partial charge is 0.443 e. The molecule has 1 aromatic heterocycles. The SMILES string of the molecule is N#Cc1cnn(C(=O)OCc2ccc(-c3ccccc3)cc2)c1. The minimum absolute atomic E-state index is 0.148. The van der Waals surface area contributed by atoms with Crippen LogP contribution in [0.5, 0.6) is 0 Å². The summed E-state index contributed by atoms with van der Waals surface area (Å²) in [6.07, 6.45) is 2.04. The number of rotatable bonds is 3. The fraction of sp³-hybridized carbons (Fsp3) is 0.0556. The lowest BCUT2D eigenvalue weighted by atomic mass is 10.0. The third-order valence-corrected chi connectivity index (χ3v) is 3.32. The van der Waals surface area contributed by atoms with Crippen LogP contribution < -0.4 is 0 Å². The van der Waals surface area contributed by atoms with Crippen LogP contribution in [0.15, 0.2) is 67.0 Å². The highest BCUT2D eigenvalue weighted by atomic mass is 16.6. The first kappa shape index (κ1) is 14.5. The molecule has 0 saturated heterocycles. The Kier molecular flexibility index (Phi) is 4.16. The highest BCUT2D eigenvalue weighted by molar-refractivity contribution is 5.69. The summed E-state index contributed by atoms with van der Waals surface area (Å²) in [7, 11) is 0. The zero-order valence-corrected chi connectivity index (χ0v) is 12.2. The summed E-state index contributed by atoms with van der Waals surface area (Å²) in [6.45, 7) is 0.148. The molecule has 0 aliphatic heterocycles. The molecule has 0 aliphatic rings. The van der Waals surface area contributed by atoms with Gasteiger partial charge in [0.25, 0.3) is 0 Å². The summed E-state index contributed by atoms with van der Waals surface area (Å²) >= 11 is 0. The maximum Gasteiger partial charge on any atom is 0.435 e. The maximum atomic E-state index is 11.8.